The third-order valence-electron chi connectivity index (χ3n) is 2.93. The van der Waals surface area contributed by atoms with Crippen LogP contribution in [0.25, 0.3) is 0 Å². The molecule has 2 N–H and O–H groups in total. The van der Waals surface area contributed by atoms with Crippen LogP contribution < -0.4 is 5.73 Å². The van der Waals surface area contributed by atoms with E-state index in [1.807, 2.05) is 0 Å². The number of nitrogens with zero attached hydrogens (tertiary/aromatic N) is 2. The number of nitrogens with two attached hydrogens (primary N) is 1. The summed E-state index contributed by atoms with van der Waals surface area (Å²) in [6, 6.07) is 3.30. The maximum atomic E-state index is 13.7. The molecule has 96 valence electrons. The highest BCUT2D eigenvalue weighted by Crippen LogP contribution is 2.47. The maximum Gasteiger partial charge on any atom is 0.142 e. The highest BCUT2D eigenvalue weighted by atomic mass is 19.1. The van der Waals surface area contributed by atoms with Crippen LogP contribution in [0.15, 0.2) is 28.2 Å². The Bertz CT molecular complexity index is 504. The lowest BCUT2D eigenvalue weighted by Gasteiger charge is -2.11. The van der Waals surface area contributed by atoms with Gasteiger partial charge in [-0.25, -0.2) is 13.8 Å². The second kappa shape index (κ2) is 4.81. The van der Waals surface area contributed by atoms with Gasteiger partial charge in [0, 0.05) is 5.56 Å². The second-order valence-electron chi connectivity index (χ2n) is 4.03. The van der Waals surface area contributed by atoms with Crippen molar-refractivity contribution >= 4 is 12.7 Å². The first kappa shape index (κ1) is 12.6. The molecule has 0 spiro atoms. The van der Waals surface area contributed by atoms with E-state index in [-0.39, 0.29) is 18.2 Å². The van der Waals surface area contributed by atoms with Gasteiger partial charge in [-0.05, 0) is 25.1 Å². The molecule has 0 bridgehead atoms. The van der Waals surface area contributed by atoms with Crippen LogP contribution in [0.1, 0.15) is 12.5 Å². The Morgan fingerprint density at radius 3 is 2.83 bits per heavy atom. The van der Waals surface area contributed by atoms with Crippen molar-refractivity contribution in [2.75, 3.05) is 6.54 Å². The first-order valence-corrected chi connectivity index (χ1v) is 5.45. The minimum Gasteiger partial charge on any atom is -0.390 e. The molecule has 18 heavy (non-hydrogen) atoms. The summed E-state index contributed by atoms with van der Waals surface area (Å²) in [5, 5.41) is 0. The molecule has 0 unspecified atom stereocenters. The van der Waals surface area contributed by atoms with Gasteiger partial charge in [0.2, 0.25) is 0 Å². The molecule has 1 aliphatic rings. The molecule has 4 nitrogen and oxygen atoms in total. The van der Waals surface area contributed by atoms with Gasteiger partial charge < -0.3 is 10.5 Å². The molecule has 1 aromatic rings. The summed E-state index contributed by atoms with van der Waals surface area (Å²) in [5.74, 6) is -1.00. The van der Waals surface area contributed by atoms with Gasteiger partial charge >= 0.3 is 0 Å². The number of benzene rings is 1. The zero-order valence-electron chi connectivity index (χ0n) is 9.81. The fourth-order valence-electron chi connectivity index (χ4n) is 1.90. The van der Waals surface area contributed by atoms with Crippen LogP contribution in [-0.4, -0.2) is 25.3 Å². The number of halogens is 2. The topological polar surface area (TPSA) is 63.3 Å². The Balaban J connectivity index is 2.25. The highest BCUT2D eigenvalue weighted by molar-refractivity contribution is 5.69. The molecule has 2 rings (SSSR count). The van der Waals surface area contributed by atoms with Crippen LogP contribution >= 0.6 is 0 Å². The molecule has 2 atom stereocenters. The SMILES string of the molecule is C[C@@H]1O[C@@]1(CN=CN=CN)c1cc(F)ccc1F. The van der Waals surface area contributed by atoms with E-state index < -0.39 is 17.2 Å². The average Bonchev–Trinajstić information content (AvgIpc) is 3.00. The van der Waals surface area contributed by atoms with Crippen molar-refractivity contribution in [2.45, 2.75) is 18.6 Å². The lowest BCUT2D eigenvalue weighted by molar-refractivity contribution is 0.297. The Morgan fingerprint density at radius 2 is 2.22 bits per heavy atom. The normalized spacial score (nSPS) is 27.2. The van der Waals surface area contributed by atoms with Gasteiger partial charge in [0.15, 0.2) is 0 Å². The first-order valence-electron chi connectivity index (χ1n) is 5.45. The van der Waals surface area contributed by atoms with E-state index in [2.05, 4.69) is 9.98 Å². The van der Waals surface area contributed by atoms with Crippen LogP contribution in [0, 0.1) is 11.6 Å². The number of rotatable bonds is 4. The van der Waals surface area contributed by atoms with E-state index in [1.54, 1.807) is 6.92 Å². The van der Waals surface area contributed by atoms with Crippen molar-refractivity contribution in [3.63, 3.8) is 0 Å². The van der Waals surface area contributed by atoms with Crippen LogP contribution in [0.5, 0.6) is 0 Å². The third-order valence-corrected chi connectivity index (χ3v) is 2.93. The van der Waals surface area contributed by atoms with Gasteiger partial charge in [-0.3, -0.25) is 4.99 Å². The molecule has 1 aromatic carbocycles. The molecule has 0 aromatic heterocycles. The summed E-state index contributed by atoms with van der Waals surface area (Å²) >= 11 is 0. The standard InChI is InChI=1S/C12H13F2N3O/c1-8-12(18-8,5-16-7-17-6-15)10-4-9(13)2-3-11(10)14/h2-4,6-8H,5H2,1H3,(H2,15,16,17)/t8-,12+/m0/s1. The molecule has 1 saturated heterocycles. The molecule has 6 heteroatoms. The van der Waals surface area contributed by atoms with Gasteiger partial charge in [-0.15, -0.1) is 0 Å². The number of aliphatic imine (C=N–C) groups is 2. The lowest BCUT2D eigenvalue weighted by Crippen LogP contribution is -2.18. The van der Waals surface area contributed by atoms with E-state index in [0.717, 1.165) is 24.5 Å². The summed E-state index contributed by atoms with van der Waals surface area (Å²) in [5.41, 5.74) is 4.34. The van der Waals surface area contributed by atoms with Gasteiger partial charge in [0.1, 0.15) is 23.6 Å². The predicted octanol–water partition coefficient (Wildman–Crippen LogP) is 1.59. The monoisotopic (exact) mass is 253 g/mol. The van der Waals surface area contributed by atoms with Crippen molar-refractivity contribution in [1.82, 2.24) is 0 Å². The van der Waals surface area contributed by atoms with E-state index in [9.17, 15) is 8.78 Å². The van der Waals surface area contributed by atoms with Gasteiger partial charge in [-0.1, -0.05) is 0 Å². The van der Waals surface area contributed by atoms with Crippen molar-refractivity contribution in [3.05, 3.63) is 35.4 Å². The lowest BCUT2D eigenvalue weighted by atomic mass is 9.95. The zero-order valence-corrected chi connectivity index (χ0v) is 9.81. The van der Waals surface area contributed by atoms with Crippen LogP contribution in [0.2, 0.25) is 0 Å². The summed E-state index contributed by atoms with van der Waals surface area (Å²) in [7, 11) is 0. The summed E-state index contributed by atoms with van der Waals surface area (Å²) in [6.07, 6.45) is 2.14. The van der Waals surface area contributed by atoms with E-state index >= 15 is 0 Å². The summed E-state index contributed by atoms with van der Waals surface area (Å²) < 4.78 is 32.3. The minimum absolute atomic E-state index is 0.172. The summed E-state index contributed by atoms with van der Waals surface area (Å²) in [4.78, 5) is 7.57. The fourth-order valence-corrected chi connectivity index (χ4v) is 1.90. The number of epoxide rings is 1. The third kappa shape index (κ3) is 2.24. The number of hydrogen-bond donors (Lipinski definition) is 1. The average molecular weight is 253 g/mol. The highest BCUT2D eigenvalue weighted by Gasteiger charge is 2.56. The number of hydrogen-bond acceptors (Lipinski definition) is 2. The zero-order chi connectivity index (χ0) is 13.2. The molecule has 1 aliphatic heterocycles. The Labute approximate surface area is 103 Å². The molecule has 0 saturated carbocycles. The quantitative estimate of drug-likeness (QED) is 0.503. The van der Waals surface area contributed by atoms with Crippen molar-refractivity contribution < 1.29 is 13.5 Å². The molecular formula is C12H13F2N3O. The second-order valence-corrected chi connectivity index (χ2v) is 4.03. The van der Waals surface area contributed by atoms with E-state index in [0.29, 0.717) is 0 Å². The molecule has 1 fully saturated rings. The van der Waals surface area contributed by atoms with E-state index in [4.69, 9.17) is 10.5 Å². The summed E-state index contributed by atoms with van der Waals surface area (Å²) in [6.45, 7) is 1.96. The maximum absolute atomic E-state index is 13.7. The van der Waals surface area contributed by atoms with Crippen LogP contribution in [0.4, 0.5) is 8.78 Å². The van der Waals surface area contributed by atoms with Crippen LogP contribution in [0.3, 0.4) is 0 Å². The minimum atomic E-state index is -0.896. The largest absolute Gasteiger partial charge is 0.390 e. The first-order chi connectivity index (χ1) is 8.60. The molecule has 0 amide bonds. The van der Waals surface area contributed by atoms with Gasteiger partial charge in [0.05, 0.1) is 19.0 Å². The van der Waals surface area contributed by atoms with Gasteiger partial charge in [-0.2, -0.15) is 0 Å². The molecule has 0 aliphatic carbocycles. The van der Waals surface area contributed by atoms with Crippen molar-refractivity contribution in [1.29, 1.82) is 0 Å². The Morgan fingerprint density at radius 1 is 1.50 bits per heavy atom. The number of ether oxygens (including phenoxy) is 1. The van der Waals surface area contributed by atoms with Crippen molar-refractivity contribution in [2.24, 2.45) is 15.7 Å². The molecular weight excluding hydrogens is 240 g/mol. The van der Waals surface area contributed by atoms with E-state index in [1.165, 1.54) is 6.34 Å². The fraction of sp³-hybridized carbons (Fsp3) is 0.333. The smallest absolute Gasteiger partial charge is 0.142 e. The Kier molecular flexibility index (Phi) is 3.38. The predicted molar refractivity (Wildman–Crippen MR) is 64.6 cm³/mol. The van der Waals surface area contributed by atoms with Crippen molar-refractivity contribution in [3.8, 4) is 0 Å². The molecule has 1 heterocycles. The van der Waals surface area contributed by atoms with Crippen LogP contribution in [-0.2, 0) is 10.3 Å². The van der Waals surface area contributed by atoms with Gasteiger partial charge in [0.25, 0.3) is 0 Å². The molecule has 0 radical (unpaired) electrons. The Hall–Kier alpha value is -1.82.